The molecule has 0 atom stereocenters. The van der Waals surface area contributed by atoms with E-state index in [9.17, 15) is 4.79 Å². The van der Waals surface area contributed by atoms with Gasteiger partial charge in [0.1, 0.15) is 0 Å². The van der Waals surface area contributed by atoms with Crippen LogP contribution in [-0.4, -0.2) is 30.2 Å². The molecular weight excluding hydrogens is 373 g/mol. The highest BCUT2D eigenvalue weighted by atomic mass is 35.5. The molecule has 0 unspecified atom stereocenters. The zero-order valence-electron chi connectivity index (χ0n) is 15.4. The van der Waals surface area contributed by atoms with Crippen LogP contribution in [0.4, 0.5) is 5.69 Å². The summed E-state index contributed by atoms with van der Waals surface area (Å²) in [5.41, 5.74) is 7.43. The van der Waals surface area contributed by atoms with Crippen molar-refractivity contribution in [3.63, 3.8) is 0 Å². The van der Waals surface area contributed by atoms with Crippen molar-refractivity contribution in [2.75, 3.05) is 25.1 Å². The Morgan fingerprint density at radius 2 is 1.96 bits per heavy atom. The topological polar surface area (TPSA) is 69.3 Å². The highest BCUT2D eigenvalue weighted by molar-refractivity contribution is 5.97. The minimum Gasteiger partial charge on any atom is -0.381 e. The van der Waals surface area contributed by atoms with Gasteiger partial charge in [0.15, 0.2) is 0 Å². The Morgan fingerprint density at radius 3 is 2.58 bits per heavy atom. The van der Waals surface area contributed by atoms with Crippen molar-refractivity contribution in [1.82, 2.24) is 4.57 Å². The predicted octanol–water partition coefficient (Wildman–Crippen LogP) is 3.83. The monoisotopic (exact) mass is 401 g/mol. The second kappa shape index (κ2) is 9.60. The van der Waals surface area contributed by atoms with Gasteiger partial charge in [0.2, 0.25) is 5.91 Å². The van der Waals surface area contributed by atoms with E-state index in [0.717, 1.165) is 17.6 Å². The quantitative estimate of drug-likeness (QED) is 0.799. The number of carbonyl (C=O) groups excluding carboxylic acids is 1. The first kappa shape index (κ1) is 22.8. The van der Waals surface area contributed by atoms with Gasteiger partial charge in [-0.05, 0) is 43.0 Å². The zero-order valence-corrected chi connectivity index (χ0v) is 17.0. The van der Waals surface area contributed by atoms with Crippen LogP contribution in [0.1, 0.15) is 26.7 Å². The molecule has 0 aliphatic carbocycles. The summed E-state index contributed by atoms with van der Waals surface area (Å²) in [6.07, 6.45) is 3.47. The fourth-order valence-corrected chi connectivity index (χ4v) is 3.38. The van der Waals surface area contributed by atoms with Gasteiger partial charge in [-0.2, -0.15) is 0 Å². The Morgan fingerprint density at radius 1 is 1.27 bits per heavy atom. The van der Waals surface area contributed by atoms with Crippen LogP contribution in [0.2, 0.25) is 0 Å². The van der Waals surface area contributed by atoms with Crippen LogP contribution >= 0.6 is 24.8 Å². The van der Waals surface area contributed by atoms with Gasteiger partial charge in [-0.1, -0.05) is 13.8 Å². The van der Waals surface area contributed by atoms with Gasteiger partial charge in [-0.25, -0.2) is 0 Å². The lowest BCUT2D eigenvalue weighted by molar-refractivity contribution is -0.130. The number of halogens is 2. The molecule has 0 radical (unpaired) electrons. The average Bonchev–Trinajstić information content (AvgIpc) is 2.97. The Kier molecular flexibility index (Phi) is 8.41. The fourth-order valence-electron chi connectivity index (χ4n) is 3.38. The summed E-state index contributed by atoms with van der Waals surface area (Å²) in [7, 11) is 0. The molecule has 1 aromatic heterocycles. The minimum atomic E-state index is -0.503. The van der Waals surface area contributed by atoms with Crippen LogP contribution in [0.3, 0.4) is 0 Å². The van der Waals surface area contributed by atoms with Crippen LogP contribution in [0.5, 0.6) is 0 Å². The van der Waals surface area contributed by atoms with Crippen molar-refractivity contribution < 1.29 is 9.53 Å². The molecule has 5 nitrogen and oxygen atoms in total. The normalized spacial score (nSPS) is 16.0. The third-order valence-electron chi connectivity index (χ3n) is 4.91. The number of carbonyl (C=O) groups is 1. The fraction of sp³-hybridized carbons (Fsp3) is 0.526. The smallest absolute Gasteiger partial charge is 0.232 e. The number of hydrogen-bond acceptors (Lipinski definition) is 3. The predicted molar refractivity (Wildman–Crippen MR) is 111 cm³/mol. The Balaban J connectivity index is 0.00000169. The first-order valence-corrected chi connectivity index (χ1v) is 8.72. The standard InChI is InChI=1S/C19H27N3O2.2ClH/c1-14(2)12-22-8-5-15-11-16(3-4-17(15)22)21-18(23)19(13-20)6-9-24-10-7-19;;/h3-5,8,11,14H,6-7,9-10,12-13,20H2,1-2H3,(H,21,23);2*1H. The van der Waals surface area contributed by atoms with E-state index in [2.05, 4.69) is 42.1 Å². The molecule has 1 amide bonds. The molecule has 26 heavy (non-hydrogen) atoms. The molecule has 2 aromatic rings. The molecule has 3 rings (SSSR count). The van der Waals surface area contributed by atoms with Gasteiger partial charge >= 0.3 is 0 Å². The second-order valence-corrected chi connectivity index (χ2v) is 7.19. The first-order chi connectivity index (χ1) is 11.5. The van der Waals surface area contributed by atoms with Crippen molar-refractivity contribution in [2.24, 2.45) is 17.1 Å². The molecule has 2 heterocycles. The summed E-state index contributed by atoms with van der Waals surface area (Å²) in [5, 5.41) is 4.20. The van der Waals surface area contributed by atoms with Gasteiger partial charge < -0.3 is 20.4 Å². The van der Waals surface area contributed by atoms with Gasteiger partial charge in [0.05, 0.1) is 5.41 Å². The lowest BCUT2D eigenvalue weighted by Gasteiger charge is -2.34. The Labute approximate surface area is 167 Å². The number of rotatable bonds is 5. The van der Waals surface area contributed by atoms with Crippen LogP contribution in [0.15, 0.2) is 30.5 Å². The second-order valence-electron chi connectivity index (χ2n) is 7.19. The van der Waals surface area contributed by atoms with E-state index >= 15 is 0 Å². The maximum atomic E-state index is 12.8. The number of fused-ring (bicyclic) bond motifs is 1. The lowest BCUT2D eigenvalue weighted by atomic mass is 9.79. The number of nitrogens with two attached hydrogens (primary N) is 1. The molecule has 1 saturated heterocycles. The highest BCUT2D eigenvalue weighted by Crippen LogP contribution is 2.31. The van der Waals surface area contributed by atoms with E-state index in [1.54, 1.807) is 0 Å². The SMILES string of the molecule is CC(C)Cn1ccc2cc(NC(=O)C3(CN)CCOCC3)ccc21.Cl.Cl. The summed E-state index contributed by atoms with van der Waals surface area (Å²) >= 11 is 0. The number of amides is 1. The molecule has 0 spiro atoms. The number of aromatic nitrogens is 1. The van der Waals surface area contributed by atoms with Crippen molar-refractivity contribution in [3.05, 3.63) is 30.5 Å². The van der Waals surface area contributed by atoms with E-state index in [-0.39, 0.29) is 30.7 Å². The molecule has 1 aliphatic rings. The third-order valence-corrected chi connectivity index (χ3v) is 4.91. The summed E-state index contributed by atoms with van der Waals surface area (Å²) in [4.78, 5) is 12.8. The molecule has 3 N–H and O–H groups in total. The molecule has 1 aliphatic heterocycles. The largest absolute Gasteiger partial charge is 0.381 e. The van der Waals surface area contributed by atoms with Crippen molar-refractivity contribution in [3.8, 4) is 0 Å². The van der Waals surface area contributed by atoms with E-state index in [1.807, 2.05) is 12.1 Å². The maximum absolute atomic E-state index is 12.8. The molecule has 1 fully saturated rings. The van der Waals surface area contributed by atoms with E-state index in [0.29, 0.717) is 38.5 Å². The summed E-state index contributed by atoms with van der Waals surface area (Å²) in [6.45, 7) is 6.96. The van der Waals surface area contributed by atoms with E-state index in [1.165, 1.54) is 5.52 Å². The minimum absolute atomic E-state index is 0. The molecular formula is C19H29Cl2N3O2. The number of benzene rings is 1. The summed E-state index contributed by atoms with van der Waals surface area (Å²) in [5.74, 6) is 0.604. The number of anilines is 1. The van der Waals surface area contributed by atoms with Gasteiger partial charge in [-0.3, -0.25) is 4.79 Å². The Bertz CT molecular complexity index is 725. The average molecular weight is 402 g/mol. The van der Waals surface area contributed by atoms with Crippen LogP contribution in [-0.2, 0) is 16.1 Å². The lowest BCUT2D eigenvalue weighted by Crippen LogP contribution is -2.46. The van der Waals surface area contributed by atoms with Crippen LogP contribution < -0.4 is 11.1 Å². The molecule has 0 bridgehead atoms. The molecule has 146 valence electrons. The van der Waals surface area contributed by atoms with Crippen LogP contribution in [0, 0.1) is 11.3 Å². The number of nitrogens with zero attached hydrogens (tertiary/aromatic N) is 1. The zero-order chi connectivity index (χ0) is 17.2. The van der Waals surface area contributed by atoms with Crippen molar-refractivity contribution in [2.45, 2.75) is 33.2 Å². The molecule has 1 aromatic carbocycles. The first-order valence-electron chi connectivity index (χ1n) is 8.72. The van der Waals surface area contributed by atoms with Gasteiger partial charge in [0.25, 0.3) is 0 Å². The molecule has 0 saturated carbocycles. The van der Waals surface area contributed by atoms with E-state index in [4.69, 9.17) is 10.5 Å². The number of hydrogen-bond donors (Lipinski definition) is 2. The maximum Gasteiger partial charge on any atom is 0.232 e. The van der Waals surface area contributed by atoms with Crippen molar-refractivity contribution >= 4 is 47.3 Å². The Hall–Kier alpha value is -1.27. The number of nitrogens with one attached hydrogen (secondary N) is 1. The van der Waals surface area contributed by atoms with Gasteiger partial charge in [-0.15, -0.1) is 24.8 Å². The highest BCUT2D eigenvalue weighted by Gasteiger charge is 2.38. The molecule has 7 heteroatoms. The summed E-state index contributed by atoms with van der Waals surface area (Å²) in [6, 6.07) is 8.18. The van der Waals surface area contributed by atoms with E-state index < -0.39 is 5.41 Å². The number of ether oxygens (including phenoxy) is 1. The third kappa shape index (κ3) is 4.71. The van der Waals surface area contributed by atoms with Crippen molar-refractivity contribution in [1.29, 1.82) is 0 Å². The van der Waals surface area contributed by atoms with Gasteiger partial charge in [0, 0.05) is 49.1 Å². The summed E-state index contributed by atoms with van der Waals surface area (Å²) < 4.78 is 7.64. The van der Waals surface area contributed by atoms with Crippen LogP contribution in [0.25, 0.3) is 10.9 Å².